The van der Waals surface area contributed by atoms with Crippen molar-refractivity contribution >= 4 is 39.6 Å². The smallest absolute Gasteiger partial charge is 0.362 e. The quantitative estimate of drug-likeness (QED) is 0.320. The Kier molecular flexibility index (Phi) is 5.30. The van der Waals surface area contributed by atoms with Crippen molar-refractivity contribution in [3.63, 3.8) is 0 Å². The van der Waals surface area contributed by atoms with Gasteiger partial charge in [-0.05, 0) is 30.3 Å². The van der Waals surface area contributed by atoms with E-state index in [9.17, 15) is 19.5 Å². The normalized spacial score (nSPS) is 13.8. The highest BCUT2D eigenvalue weighted by Gasteiger charge is 2.34. The molecule has 2 aromatic heterocycles. The molecule has 0 radical (unpaired) electrons. The number of esters is 1. The van der Waals surface area contributed by atoms with E-state index >= 15 is 0 Å². The molecule has 0 fully saturated rings. The minimum Gasteiger partial charge on any atom is -0.466 e. The predicted molar refractivity (Wildman–Crippen MR) is 121 cm³/mol. The molecule has 2 aromatic carbocycles. The highest BCUT2D eigenvalue weighted by molar-refractivity contribution is 6.08. The average molecular weight is 461 g/mol. The molecule has 4 aromatic rings. The number of aliphatic hydroxyl groups is 1. The van der Waals surface area contributed by atoms with Gasteiger partial charge in [0, 0.05) is 23.7 Å². The summed E-state index contributed by atoms with van der Waals surface area (Å²) in [7, 11) is 1.23. The molecule has 34 heavy (non-hydrogen) atoms. The molecule has 0 spiro atoms. The molecule has 0 bridgehead atoms. The number of hydrogen-bond donors (Lipinski definition) is 2. The van der Waals surface area contributed by atoms with Gasteiger partial charge < -0.3 is 24.5 Å². The number of para-hydroxylation sites is 1. The van der Waals surface area contributed by atoms with Crippen LogP contribution in [0.5, 0.6) is 0 Å². The molecule has 0 unspecified atom stereocenters. The summed E-state index contributed by atoms with van der Waals surface area (Å²) in [5.41, 5.74) is 1.83. The first-order valence-electron chi connectivity index (χ1n) is 10.4. The van der Waals surface area contributed by atoms with E-state index in [-0.39, 0.29) is 42.2 Å². The third kappa shape index (κ3) is 3.57. The summed E-state index contributed by atoms with van der Waals surface area (Å²) < 4.78 is 11.7. The molecular formula is C23H19N5O6. The lowest BCUT2D eigenvalue weighted by atomic mass is 10.2. The lowest BCUT2D eigenvalue weighted by Crippen LogP contribution is -2.31. The first-order chi connectivity index (χ1) is 16.5. The molecule has 11 nitrogen and oxygen atoms in total. The van der Waals surface area contributed by atoms with E-state index in [4.69, 9.17) is 9.15 Å². The zero-order chi connectivity index (χ0) is 23.8. The van der Waals surface area contributed by atoms with Gasteiger partial charge in [-0.1, -0.05) is 17.3 Å². The monoisotopic (exact) mass is 461 g/mol. The highest BCUT2D eigenvalue weighted by Crippen LogP contribution is 2.26. The van der Waals surface area contributed by atoms with Crippen LogP contribution in [0.4, 0.5) is 5.69 Å². The van der Waals surface area contributed by atoms with E-state index in [2.05, 4.69) is 15.6 Å². The number of hydrogen-bond acceptors (Lipinski definition) is 9. The van der Waals surface area contributed by atoms with E-state index in [1.54, 1.807) is 36.4 Å². The fourth-order valence-electron chi connectivity index (χ4n) is 3.87. The Hall–Kier alpha value is -4.51. The predicted octanol–water partition coefficient (Wildman–Crippen LogP) is 1.20. The van der Waals surface area contributed by atoms with Gasteiger partial charge in [0.2, 0.25) is 0 Å². The Balaban J connectivity index is 1.51. The summed E-state index contributed by atoms with van der Waals surface area (Å²) in [4.78, 5) is 39.0. The second-order valence-corrected chi connectivity index (χ2v) is 7.58. The Morgan fingerprint density at radius 1 is 1.21 bits per heavy atom. The van der Waals surface area contributed by atoms with Crippen LogP contribution in [0.3, 0.4) is 0 Å². The van der Waals surface area contributed by atoms with Crippen molar-refractivity contribution in [2.24, 2.45) is 0 Å². The van der Waals surface area contributed by atoms with Crippen molar-refractivity contribution in [1.29, 1.82) is 0 Å². The van der Waals surface area contributed by atoms with E-state index in [0.717, 1.165) is 0 Å². The van der Waals surface area contributed by atoms with E-state index in [0.29, 0.717) is 22.1 Å². The van der Waals surface area contributed by atoms with Crippen molar-refractivity contribution in [1.82, 2.24) is 19.9 Å². The minimum absolute atomic E-state index is 0.0201. The van der Waals surface area contributed by atoms with Crippen LogP contribution in [0, 0.1) is 0 Å². The zero-order valence-electron chi connectivity index (χ0n) is 18.0. The Morgan fingerprint density at radius 2 is 2.03 bits per heavy atom. The number of carbonyl (C=O) groups excluding carboxylic acids is 2. The second kappa shape index (κ2) is 8.45. The van der Waals surface area contributed by atoms with Crippen molar-refractivity contribution in [3.8, 4) is 5.69 Å². The number of benzene rings is 2. The topological polar surface area (TPSA) is 140 Å². The molecule has 5 rings (SSSR count). The van der Waals surface area contributed by atoms with Gasteiger partial charge in [-0.25, -0.2) is 14.3 Å². The summed E-state index contributed by atoms with van der Waals surface area (Å²) in [6.07, 6.45) is 0. The lowest BCUT2D eigenvalue weighted by Gasteiger charge is -2.15. The summed E-state index contributed by atoms with van der Waals surface area (Å²) in [5.74, 6) is -1.09. The van der Waals surface area contributed by atoms with Crippen LogP contribution in [0.15, 0.2) is 69.0 Å². The first kappa shape index (κ1) is 21.3. The maximum absolute atomic E-state index is 12.7. The van der Waals surface area contributed by atoms with Crippen LogP contribution in [0.25, 0.3) is 27.7 Å². The number of ether oxygens (including phenoxy) is 1. The molecule has 1 aliphatic rings. The van der Waals surface area contributed by atoms with Crippen LogP contribution in [0.1, 0.15) is 0 Å². The number of amides is 1. The van der Waals surface area contributed by atoms with Crippen molar-refractivity contribution < 1.29 is 23.8 Å². The number of fused-ring (bicyclic) bond motifs is 2. The fraction of sp³-hybridized carbons (Fsp3) is 0.174. The molecule has 11 heteroatoms. The summed E-state index contributed by atoms with van der Waals surface area (Å²) in [6.45, 7) is -0.138. The van der Waals surface area contributed by atoms with Gasteiger partial charge in [-0.3, -0.25) is 4.79 Å². The Labute approximate surface area is 191 Å². The SMILES string of the molecule is COC(=O)C1=C(Nc2ccc3cc(-n4nnc5ccccc54)c(=O)oc3c2)C(=O)N(CCO)C1. The van der Waals surface area contributed by atoms with Gasteiger partial charge in [0.1, 0.15) is 16.8 Å². The number of rotatable bonds is 6. The van der Waals surface area contributed by atoms with Gasteiger partial charge in [-0.15, -0.1) is 5.10 Å². The van der Waals surface area contributed by atoms with Crippen molar-refractivity contribution in [2.75, 3.05) is 32.1 Å². The molecule has 0 saturated heterocycles. The maximum atomic E-state index is 12.7. The van der Waals surface area contributed by atoms with Crippen molar-refractivity contribution in [3.05, 3.63) is 70.2 Å². The van der Waals surface area contributed by atoms with Crippen LogP contribution < -0.4 is 10.9 Å². The molecule has 0 aliphatic carbocycles. The van der Waals surface area contributed by atoms with Gasteiger partial charge in [0.15, 0.2) is 5.69 Å². The molecular weight excluding hydrogens is 442 g/mol. The first-order valence-corrected chi connectivity index (χ1v) is 10.4. The van der Waals surface area contributed by atoms with Crippen LogP contribution in [-0.2, 0) is 14.3 Å². The van der Waals surface area contributed by atoms with Crippen LogP contribution in [-0.4, -0.2) is 63.7 Å². The molecule has 1 aliphatic heterocycles. The van der Waals surface area contributed by atoms with Gasteiger partial charge >= 0.3 is 11.6 Å². The summed E-state index contributed by atoms with van der Waals surface area (Å²) >= 11 is 0. The van der Waals surface area contributed by atoms with E-state index < -0.39 is 17.5 Å². The number of β-amino-alcohol motifs (C(OH)–C–C–N with tert-alkyl or cyclic N) is 1. The molecule has 172 valence electrons. The molecule has 3 heterocycles. The minimum atomic E-state index is -0.645. The standard InChI is InChI=1S/C23H19N5O6/c1-33-22(31)15-12-27(8-9-29)21(30)20(15)24-14-7-6-13-10-18(23(32)34-19(13)11-14)28-17-5-3-2-4-16(17)25-26-28/h2-7,10-11,24,29H,8-9,12H2,1H3. The third-order valence-electron chi connectivity index (χ3n) is 5.52. The number of methoxy groups -OCH3 is 1. The zero-order valence-corrected chi connectivity index (χ0v) is 18.0. The maximum Gasteiger partial charge on any atom is 0.362 e. The highest BCUT2D eigenvalue weighted by atomic mass is 16.5. The van der Waals surface area contributed by atoms with Crippen LogP contribution >= 0.6 is 0 Å². The molecule has 0 atom stereocenters. The number of nitrogens with zero attached hydrogens (tertiary/aromatic N) is 4. The Bertz CT molecular complexity index is 1540. The Morgan fingerprint density at radius 3 is 2.82 bits per heavy atom. The van der Waals surface area contributed by atoms with Crippen molar-refractivity contribution in [2.45, 2.75) is 0 Å². The van der Waals surface area contributed by atoms with Gasteiger partial charge in [0.25, 0.3) is 5.91 Å². The summed E-state index contributed by atoms with van der Waals surface area (Å²) in [6, 6.07) is 13.9. The van der Waals surface area contributed by atoms with Crippen LogP contribution in [0.2, 0.25) is 0 Å². The number of anilines is 1. The largest absolute Gasteiger partial charge is 0.466 e. The van der Waals surface area contributed by atoms with E-state index in [1.165, 1.54) is 16.7 Å². The van der Waals surface area contributed by atoms with E-state index in [1.807, 2.05) is 12.1 Å². The number of nitrogens with one attached hydrogen (secondary N) is 1. The number of carbonyl (C=O) groups is 2. The van der Waals surface area contributed by atoms with Gasteiger partial charge in [0.05, 0.1) is 31.4 Å². The molecule has 1 amide bonds. The second-order valence-electron chi connectivity index (χ2n) is 7.58. The molecule has 0 saturated carbocycles. The third-order valence-corrected chi connectivity index (χ3v) is 5.52. The van der Waals surface area contributed by atoms with Gasteiger partial charge in [-0.2, -0.15) is 0 Å². The molecule has 2 N–H and O–H groups in total. The summed E-state index contributed by atoms with van der Waals surface area (Å²) in [5, 5.41) is 20.9. The fourth-order valence-corrected chi connectivity index (χ4v) is 3.87. The number of aliphatic hydroxyl groups excluding tert-OH is 1. The number of aromatic nitrogens is 3. The lowest BCUT2D eigenvalue weighted by molar-refractivity contribution is -0.136. The average Bonchev–Trinajstić information content (AvgIpc) is 3.40.